The Bertz CT molecular complexity index is 775. The van der Waals surface area contributed by atoms with Crippen LogP contribution in [-0.2, 0) is 4.79 Å². The van der Waals surface area contributed by atoms with Crippen LogP contribution in [0.15, 0.2) is 53.0 Å². The number of carbonyl (C=O) groups is 2. The highest BCUT2D eigenvalue weighted by Crippen LogP contribution is 2.25. The number of benzene rings is 2. The maximum absolute atomic E-state index is 12.6. The van der Waals surface area contributed by atoms with Crippen molar-refractivity contribution in [3.8, 4) is 0 Å². The SMILES string of the molecule is C[C@@H](NC(=O)c1cccc(N2CCCC2=O)c1)c1ccccc1Br. The van der Waals surface area contributed by atoms with E-state index in [1.54, 1.807) is 17.0 Å². The zero-order valence-corrected chi connectivity index (χ0v) is 15.0. The molecule has 2 aromatic rings. The van der Waals surface area contributed by atoms with E-state index in [0.717, 1.165) is 28.7 Å². The van der Waals surface area contributed by atoms with Gasteiger partial charge in [-0.05, 0) is 43.2 Å². The van der Waals surface area contributed by atoms with E-state index >= 15 is 0 Å². The number of nitrogens with zero attached hydrogens (tertiary/aromatic N) is 1. The summed E-state index contributed by atoms with van der Waals surface area (Å²) in [6, 6.07) is 14.9. The van der Waals surface area contributed by atoms with Gasteiger partial charge < -0.3 is 10.2 Å². The van der Waals surface area contributed by atoms with E-state index < -0.39 is 0 Å². The van der Waals surface area contributed by atoms with Gasteiger partial charge in [0.05, 0.1) is 6.04 Å². The molecule has 2 amide bonds. The topological polar surface area (TPSA) is 49.4 Å². The van der Waals surface area contributed by atoms with Crippen molar-refractivity contribution in [3.63, 3.8) is 0 Å². The minimum absolute atomic E-state index is 0.120. The fourth-order valence-corrected chi connectivity index (χ4v) is 3.55. The van der Waals surface area contributed by atoms with Crippen molar-refractivity contribution >= 4 is 33.4 Å². The molecule has 0 aliphatic carbocycles. The molecule has 0 radical (unpaired) electrons. The number of halogens is 1. The standard InChI is InChI=1S/C19H19BrN2O2/c1-13(16-8-2-3-9-17(16)20)21-19(24)14-6-4-7-15(12-14)22-11-5-10-18(22)23/h2-4,6-9,12-13H,5,10-11H2,1H3,(H,21,24)/t13-/m1/s1. The summed E-state index contributed by atoms with van der Waals surface area (Å²) in [5.74, 6) is -0.0270. The first-order valence-electron chi connectivity index (χ1n) is 8.02. The van der Waals surface area contributed by atoms with Crippen LogP contribution < -0.4 is 10.2 Å². The number of carbonyl (C=O) groups excluding carboxylic acids is 2. The van der Waals surface area contributed by atoms with E-state index in [1.807, 2.05) is 43.3 Å². The minimum Gasteiger partial charge on any atom is -0.345 e. The van der Waals surface area contributed by atoms with Gasteiger partial charge in [0.25, 0.3) is 5.91 Å². The van der Waals surface area contributed by atoms with Gasteiger partial charge in [-0.15, -0.1) is 0 Å². The molecule has 5 heteroatoms. The summed E-state index contributed by atoms with van der Waals surface area (Å²) >= 11 is 3.51. The number of nitrogens with one attached hydrogen (secondary N) is 1. The molecular formula is C19H19BrN2O2. The van der Waals surface area contributed by atoms with Crippen LogP contribution >= 0.6 is 15.9 Å². The fraction of sp³-hybridized carbons (Fsp3) is 0.263. The lowest BCUT2D eigenvalue weighted by atomic mass is 10.1. The van der Waals surface area contributed by atoms with E-state index in [4.69, 9.17) is 0 Å². The Labute approximate surface area is 150 Å². The highest BCUT2D eigenvalue weighted by atomic mass is 79.9. The van der Waals surface area contributed by atoms with Crippen LogP contribution in [0.3, 0.4) is 0 Å². The van der Waals surface area contributed by atoms with Crippen LogP contribution in [0.5, 0.6) is 0 Å². The highest BCUT2D eigenvalue weighted by Gasteiger charge is 2.22. The van der Waals surface area contributed by atoms with Gasteiger partial charge in [-0.3, -0.25) is 9.59 Å². The third kappa shape index (κ3) is 3.51. The van der Waals surface area contributed by atoms with Gasteiger partial charge in [0.1, 0.15) is 0 Å². The molecule has 1 saturated heterocycles. The molecule has 0 unspecified atom stereocenters. The molecule has 1 heterocycles. The lowest BCUT2D eigenvalue weighted by Gasteiger charge is -2.18. The van der Waals surface area contributed by atoms with Gasteiger partial charge in [-0.2, -0.15) is 0 Å². The molecule has 1 N–H and O–H groups in total. The Kier molecular flexibility index (Phi) is 5.00. The normalized spacial score (nSPS) is 15.4. The molecule has 2 aromatic carbocycles. The number of rotatable bonds is 4. The number of hydrogen-bond acceptors (Lipinski definition) is 2. The van der Waals surface area contributed by atoms with Gasteiger partial charge in [0.15, 0.2) is 0 Å². The molecular weight excluding hydrogens is 368 g/mol. The minimum atomic E-state index is -0.147. The van der Waals surface area contributed by atoms with Crippen LogP contribution in [0.4, 0.5) is 5.69 Å². The predicted molar refractivity (Wildman–Crippen MR) is 98.1 cm³/mol. The second-order valence-corrected chi connectivity index (χ2v) is 6.77. The zero-order valence-electron chi connectivity index (χ0n) is 13.5. The van der Waals surface area contributed by atoms with Crippen molar-refractivity contribution in [2.24, 2.45) is 0 Å². The molecule has 0 bridgehead atoms. The van der Waals surface area contributed by atoms with Crippen molar-refractivity contribution in [1.29, 1.82) is 0 Å². The van der Waals surface area contributed by atoms with Gasteiger partial charge in [-0.25, -0.2) is 0 Å². The summed E-state index contributed by atoms with van der Waals surface area (Å²) in [4.78, 5) is 26.2. The molecule has 24 heavy (non-hydrogen) atoms. The summed E-state index contributed by atoms with van der Waals surface area (Å²) in [7, 11) is 0. The molecule has 124 valence electrons. The Balaban J connectivity index is 1.76. The van der Waals surface area contributed by atoms with E-state index in [1.165, 1.54) is 0 Å². The number of amides is 2. The summed E-state index contributed by atoms with van der Waals surface area (Å²) in [5, 5.41) is 3.01. The van der Waals surface area contributed by atoms with E-state index in [2.05, 4.69) is 21.2 Å². The van der Waals surface area contributed by atoms with Gasteiger partial charge in [0.2, 0.25) is 5.91 Å². The van der Waals surface area contributed by atoms with Gasteiger partial charge in [0, 0.05) is 28.7 Å². The molecule has 4 nitrogen and oxygen atoms in total. The molecule has 0 spiro atoms. The number of anilines is 1. The fourth-order valence-electron chi connectivity index (χ4n) is 2.92. The highest BCUT2D eigenvalue weighted by molar-refractivity contribution is 9.10. The summed E-state index contributed by atoms with van der Waals surface area (Å²) in [5.41, 5.74) is 2.38. The summed E-state index contributed by atoms with van der Waals surface area (Å²) in [6.45, 7) is 2.67. The maximum atomic E-state index is 12.6. The van der Waals surface area contributed by atoms with Crippen LogP contribution in [-0.4, -0.2) is 18.4 Å². The monoisotopic (exact) mass is 386 g/mol. The van der Waals surface area contributed by atoms with E-state index in [-0.39, 0.29) is 17.9 Å². The molecule has 3 rings (SSSR count). The van der Waals surface area contributed by atoms with Gasteiger partial charge in [-0.1, -0.05) is 40.2 Å². The van der Waals surface area contributed by atoms with Crippen molar-refractivity contribution < 1.29 is 9.59 Å². The Morgan fingerprint density at radius 1 is 1.21 bits per heavy atom. The molecule has 1 aliphatic rings. The Hall–Kier alpha value is -2.14. The Morgan fingerprint density at radius 2 is 2.00 bits per heavy atom. The summed E-state index contributed by atoms with van der Waals surface area (Å²) < 4.78 is 0.967. The summed E-state index contributed by atoms with van der Waals surface area (Å²) in [6.07, 6.45) is 1.45. The van der Waals surface area contributed by atoms with Crippen molar-refractivity contribution in [2.75, 3.05) is 11.4 Å². The first-order chi connectivity index (χ1) is 11.6. The zero-order chi connectivity index (χ0) is 17.1. The molecule has 1 atom stereocenters. The smallest absolute Gasteiger partial charge is 0.251 e. The molecule has 1 aliphatic heterocycles. The van der Waals surface area contributed by atoms with Crippen molar-refractivity contribution in [2.45, 2.75) is 25.8 Å². The van der Waals surface area contributed by atoms with Gasteiger partial charge >= 0.3 is 0 Å². The number of hydrogen-bond donors (Lipinski definition) is 1. The Morgan fingerprint density at radius 3 is 2.71 bits per heavy atom. The third-order valence-corrected chi connectivity index (χ3v) is 4.93. The van der Waals surface area contributed by atoms with Crippen LogP contribution in [0, 0.1) is 0 Å². The lowest BCUT2D eigenvalue weighted by Crippen LogP contribution is -2.28. The average Bonchev–Trinajstić information content (AvgIpc) is 3.01. The first-order valence-corrected chi connectivity index (χ1v) is 8.81. The quantitative estimate of drug-likeness (QED) is 0.860. The van der Waals surface area contributed by atoms with Crippen LogP contribution in [0.25, 0.3) is 0 Å². The lowest BCUT2D eigenvalue weighted by molar-refractivity contribution is -0.117. The van der Waals surface area contributed by atoms with Crippen molar-refractivity contribution in [1.82, 2.24) is 5.32 Å². The molecule has 0 aromatic heterocycles. The van der Waals surface area contributed by atoms with Crippen LogP contribution in [0.1, 0.15) is 41.7 Å². The first kappa shape index (κ1) is 16.7. The van der Waals surface area contributed by atoms with E-state index in [9.17, 15) is 9.59 Å². The maximum Gasteiger partial charge on any atom is 0.251 e. The van der Waals surface area contributed by atoms with Crippen LogP contribution in [0.2, 0.25) is 0 Å². The third-order valence-electron chi connectivity index (χ3n) is 4.21. The molecule has 1 fully saturated rings. The second-order valence-electron chi connectivity index (χ2n) is 5.92. The van der Waals surface area contributed by atoms with Crippen molar-refractivity contribution in [3.05, 3.63) is 64.1 Å². The second kappa shape index (κ2) is 7.18. The average molecular weight is 387 g/mol. The largest absolute Gasteiger partial charge is 0.345 e. The predicted octanol–water partition coefficient (Wildman–Crippen LogP) is 4.07. The van der Waals surface area contributed by atoms with E-state index in [0.29, 0.717) is 12.0 Å². The molecule has 0 saturated carbocycles.